The van der Waals surface area contributed by atoms with E-state index in [1.165, 1.54) is 5.56 Å². The molecule has 0 amide bonds. The molecule has 1 aromatic carbocycles. The molecule has 20 heavy (non-hydrogen) atoms. The zero-order valence-electron chi connectivity index (χ0n) is 11.0. The molecule has 2 heterocycles. The van der Waals surface area contributed by atoms with Gasteiger partial charge in [-0.05, 0) is 36.6 Å². The monoisotopic (exact) mass is 320 g/mol. The van der Waals surface area contributed by atoms with Crippen molar-refractivity contribution in [3.63, 3.8) is 0 Å². The van der Waals surface area contributed by atoms with Crippen molar-refractivity contribution in [2.75, 3.05) is 5.75 Å². The van der Waals surface area contributed by atoms with Crippen LogP contribution in [0.15, 0.2) is 38.2 Å². The van der Waals surface area contributed by atoms with Crippen molar-refractivity contribution in [3.05, 3.63) is 30.1 Å². The molecule has 0 aliphatic heterocycles. The van der Waals surface area contributed by atoms with Gasteiger partial charge in [0.15, 0.2) is 8.68 Å². The van der Waals surface area contributed by atoms with E-state index in [4.69, 9.17) is 0 Å². The maximum Gasteiger partial charge on any atom is 0.181 e. The summed E-state index contributed by atoms with van der Waals surface area (Å²) in [5, 5.41) is 10.4. The van der Waals surface area contributed by atoms with Crippen LogP contribution < -0.4 is 0 Å². The highest BCUT2D eigenvalue weighted by Crippen LogP contribution is 2.35. The summed E-state index contributed by atoms with van der Waals surface area (Å²) in [5.41, 5.74) is 2.16. The predicted molar refractivity (Wildman–Crippen MR) is 84.7 cm³/mol. The molecule has 0 spiro atoms. The Kier molecular flexibility index (Phi) is 4.18. The Bertz CT molecular complexity index is 741. The Labute approximate surface area is 129 Å². The van der Waals surface area contributed by atoms with Crippen LogP contribution in [0.3, 0.4) is 0 Å². The van der Waals surface area contributed by atoms with Gasteiger partial charge in [0, 0.05) is 5.39 Å². The largest absolute Gasteiger partial charge is 0.236 e. The number of benzene rings is 1. The Morgan fingerprint density at radius 3 is 2.85 bits per heavy atom. The van der Waals surface area contributed by atoms with E-state index < -0.39 is 0 Å². The molecule has 0 saturated heterocycles. The zero-order chi connectivity index (χ0) is 13.9. The number of aryl methyl sites for hydroxylation is 1. The van der Waals surface area contributed by atoms with Crippen LogP contribution in [0.25, 0.3) is 10.9 Å². The van der Waals surface area contributed by atoms with Crippen LogP contribution in [0.5, 0.6) is 0 Å². The zero-order valence-corrected chi connectivity index (χ0v) is 13.5. The highest BCUT2D eigenvalue weighted by atomic mass is 32.2. The van der Waals surface area contributed by atoms with Crippen molar-refractivity contribution in [1.82, 2.24) is 20.2 Å². The van der Waals surface area contributed by atoms with E-state index in [-0.39, 0.29) is 0 Å². The quantitative estimate of drug-likeness (QED) is 0.534. The molecule has 7 heteroatoms. The second-order valence-corrected chi connectivity index (χ2v) is 7.79. The summed E-state index contributed by atoms with van der Waals surface area (Å²) in [6, 6.07) is 6.19. The van der Waals surface area contributed by atoms with Crippen molar-refractivity contribution >= 4 is 45.8 Å². The molecule has 0 N–H and O–H groups in total. The van der Waals surface area contributed by atoms with Gasteiger partial charge in [-0.15, -0.1) is 10.2 Å². The molecule has 3 rings (SSSR count). The number of rotatable bonds is 4. The van der Waals surface area contributed by atoms with Crippen molar-refractivity contribution < 1.29 is 0 Å². The van der Waals surface area contributed by atoms with Gasteiger partial charge in [-0.3, -0.25) is 0 Å². The third kappa shape index (κ3) is 2.94. The second-order valence-electron chi connectivity index (χ2n) is 4.07. The summed E-state index contributed by atoms with van der Waals surface area (Å²) in [7, 11) is 0. The van der Waals surface area contributed by atoms with E-state index in [1.54, 1.807) is 41.2 Å². The van der Waals surface area contributed by atoms with Gasteiger partial charge in [0.25, 0.3) is 0 Å². The van der Waals surface area contributed by atoms with Crippen molar-refractivity contribution in [1.29, 1.82) is 0 Å². The van der Waals surface area contributed by atoms with E-state index in [1.807, 2.05) is 6.07 Å². The number of nitrogens with zero attached hydrogens (tertiary/aromatic N) is 4. The SMILES string of the molecule is CCSc1nnc(Sc2ncnc3ccc(C)cc23)s1. The second kappa shape index (κ2) is 6.07. The molecule has 0 aliphatic carbocycles. The lowest BCUT2D eigenvalue weighted by molar-refractivity contribution is 0.952. The molecule has 0 saturated carbocycles. The third-order valence-electron chi connectivity index (χ3n) is 2.59. The Morgan fingerprint density at radius 2 is 2.00 bits per heavy atom. The molecule has 102 valence electrons. The lowest BCUT2D eigenvalue weighted by Gasteiger charge is -2.03. The predicted octanol–water partition coefficient (Wildman–Crippen LogP) is 4.05. The first kappa shape index (κ1) is 13.8. The molecular formula is C13H12N4S3. The average Bonchev–Trinajstić information content (AvgIpc) is 2.87. The fourth-order valence-corrected chi connectivity index (χ4v) is 4.63. The van der Waals surface area contributed by atoms with E-state index in [2.05, 4.69) is 46.1 Å². The Morgan fingerprint density at radius 1 is 1.15 bits per heavy atom. The molecule has 0 radical (unpaired) electrons. The van der Waals surface area contributed by atoms with Gasteiger partial charge in [0.05, 0.1) is 5.52 Å². The maximum absolute atomic E-state index is 4.38. The first-order valence-corrected chi connectivity index (χ1v) is 8.73. The lowest BCUT2D eigenvalue weighted by Crippen LogP contribution is -1.87. The highest BCUT2D eigenvalue weighted by molar-refractivity contribution is 8.03. The van der Waals surface area contributed by atoms with Crippen LogP contribution in [0.1, 0.15) is 12.5 Å². The van der Waals surface area contributed by atoms with E-state index in [0.717, 1.165) is 30.4 Å². The van der Waals surface area contributed by atoms with Gasteiger partial charge < -0.3 is 0 Å². The first-order valence-electron chi connectivity index (χ1n) is 6.12. The minimum Gasteiger partial charge on any atom is -0.236 e. The normalized spacial score (nSPS) is 11.1. The summed E-state index contributed by atoms with van der Waals surface area (Å²) in [4.78, 5) is 8.68. The Balaban J connectivity index is 1.95. The summed E-state index contributed by atoms with van der Waals surface area (Å²) in [5.74, 6) is 1.01. The van der Waals surface area contributed by atoms with Gasteiger partial charge in [-0.25, -0.2) is 9.97 Å². The molecule has 0 fully saturated rings. The molecule has 2 aromatic heterocycles. The molecule has 3 aromatic rings. The van der Waals surface area contributed by atoms with E-state index in [9.17, 15) is 0 Å². The lowest BCUT2D eigenvalue weighted by atomic mass is 10.2. The number of hydrogen-bond acceptors (Lipinski definition) is 7. The third-order valence-corrected chi connectivity index (χ3v) is 5.60. The van der Waals surface area contributed by atoms with Crippen LogP contribution in [0, 0.1) is 6.92 Å². The maximum atomic E-state index is 4.38. The fourth-order valence-electron chi connectivity index (χ4n) is 1.73. The van der Waals surface area contributed by atoms with Crippen molar-refractivity contribution in [2.45, 2.75) is 27.6 Å². The number of fused-ring (bicyclic) bond motifs is 1. The van der Waals surface area contributed by atoms with Crippen LogP contribution >= 0.6 is 34.9 Å². The summed E-state index contributed by atoms with van der Waals surface area (Å²) in [6.45, 7) is 4.18. The molecule has 0 aliphatic rings. The van der Waals surface area contributed by atoms with Crippen LogP contribution in [0.2, 0.25) is 0 Å². The number of hydrogen-bond donors (Lipinski definition) is 0. The van der Waals surface area contributed by atoms with Crippen LogP contribution in [-0.4, -0.2) is 25.9 Å². The van der Waals surface area contributed by atoms with E-state index in [0.29, 0.717) is 0 Å². The van der Waals surface area contributed by atoms with Gasteiger partial charge in [-0.2, -0.15) is 0 Å². The van der Waals surface area contributed by atoms with Gasteiger partial charge in [0.2, 0.25) is 0 Å². The Hall–Kier alpha value is -1.18. The molecule has 4 nitrogen and oxygen atoms in total. The van der Waals surface area contributed by atoms with Gasteiger partial charge >= 0.3 is 0 Å². The smallest absolute Gasteiger partial charge is 0.181 e. The summed E-state index contributed by atoms with van der Waals surface area (Å²) >= 11 is 4.87. The summed E-state index contributed by atoms with van der Waals surface area (Å²) < 4.78 is 1.92. The van der Waals surface area contributed by atoms with Crippen LogP contribution in [-0.2, 0) is 0 Å². The fraction of sp³-hybridized carbons (Fsp3) is 0.231. The standard InChI is InChI=1S/C13H12N4S3/c1-3-18-12-16-17-13(20-12)19-11-9-6-8(2)4-5-10(9)14-7-15-11/h4-7H,3H2,1-2H3. The topological polar surface area (TPSA) is 51.6 Å². The van der Waals surface area contributed by atoms with Crippen molar-refractivity contribution in [2.24, 2.45) is 0 Å². The highest BCUT2D eigenvalue weighted by Gasteiger charge is 2.10. The first-order chi connectivity index (χ1) is 9.76. The van der Waals surface area contributed by atoms with Crippen LogP contribution in [0.4, 0.5) is 0 Å². The number of aromatic nitrogens is 4. The molecule has 0 atom stereocenters. The minimum absolute atomic E-state index is 0.919. The van der Waals surface area contributed by atoms with E-state index >= 15 is 0 Å². The van der Waals surface area contributed by atoms with Gasteiger partial charge in [0.1, 0.15) is 11.4 Å². The number of thioether (sulfide) groups is 1. The molecule has 0 unspecified atom stereocenters. The van der Waals surface area contributed by atoms with Crippen molar-refractivity contribution in [3.8, 4) is 0 Å². The molecular weight excluding hydrogens is 308 g/mol. The molecule has 0 bridgehead atoms. The summed E-state index contributed by atoms with van der Waals surface area (Å²) in [6.07, 6.45) is 1.60. The van der Waals surface area contributed by atoms with Gasteiger partial charge in [-0.1, -0.05) is 41.7 Å². The minimum atomic E-state index is 0.919. The average molecular weight is 320 g/mol.